The molecule has 2 N–H and O–H groups in total. The largest absolute Gasteiger partial charge is 0.331 e. The van der Waals surface area contributed by atoms with E-state index in [0.29, 0.717) is 11.5 Å². The zero-order chi connectivity index (χ0) is 17.1. The summed E-state index contributed by atoms with van der Waals surface area (Å²) in [5, 5.41) is 17.9. The highest BCUT2D eigenvalue weighted by atomic mass is 16.2. The average molecular weight is 333 g/mol. The van der Waals surface area contributed by atoms with Crippen molar-refractivity contribution in [2.75, 3.05) is 5.32 Å². The Morgan fingerprint density at radius 3 is 2.76 bits per heavy atom. The van der Waals surface area contributed by atoms with E-state index in [1.807, 2.05) is 59.1 Å². The Kier molecular flexibility index (Phi) is 3.83. The number of carbonyl (C=O) groups excluding carboxylic acids is 1. The highest BCUT2D eigenvalue weighted by Crippen LogP contribution is 2.11. The molecule has 0 aliphatic heterocycles. The molecule has 0 bridgehead atoms. The van der Waals surface area contributed by atoms with Gasteiger partial charge in [0.15, 0.2) is 11.5 Å². The van der Waals surface area contributed by atoms with Gasteiger partial charge in [-0.1, -0.05) is 24.3 Å². The lowest BCUT2D eigenvalue weighted by Gasteiger charge is -2.05. The van der Waals surface area contributed by atoms with Crippen LogP contribution in [0.4, 0.5) is 10.5 Å². The van der Waals surface area contributed by atoms with Crippen molar-refractivity contribution in [1.29, 1.82) is 0 Å². The van der Waals surface area contributed by atoms with E-state index in [0.717, 1.165) is 11.3 Å². The smallest absolute Gasteiger partial charge is 0.319 e. The van der Waals surface area contributed by atoms with Crippen LogP contribution in [0.2, 0.25) is 0 Å². The number of rotatable bonds is 4. The maximum Gasteiger partial charge on any atom is 0.319 e. The van der Waals surface area contributed by atoms with Gasteiger partial charge in [-0.25, -0.2) is 9.48 Å². The second kappa shape index (κ2) is 6.44. The predicted octanol–water partition coefficient (Wildman–Crippen LogP) is 2.24. The maximum atomic E-state index is 12.1. The van der Waals surface area contributed by atoms with Crippen LogP contribution in [0.1, 0.15) is 5.82 Å². The molecule has 0 aliphatic rings. The van der Waals surface area contributed by atoms with E-state index in [1.165, 1.54) is 0 Å². The molecule has 2 amide bonds. The number of nitrogens with one attached hydrogen (secondary N) is 2. The lowest BCUT2D eigenvalue weighted by atomic mass is 10.3. The minimum Gasteiger partial charge on any atom is -0.331 e. The van der Waals surface area contributed by atoms with Gasteiger partial charge in [-0.15, -0.1) is 10.2 Å². The lowest BCUT2D eigenvalue weighted by Crippen LogP contribution is -2.28. The Morgan fingerprint density at radius 2 is 1.88 bits per heavy atom. The third-order valence-corrected chi connectivity index (χ3v) is 3.65. The summed E-state index contributed by atoms with van der Waals surface area (Å²) < 4.78 is 3.52. The lowest BCUT2D eigenvalue weighted by molar-refractivity contribution is 0.251. The Bertz CT molecular complexity index is 1010. The fraction of sp³-hybridized carbons (Fsp3) is 0.0588. The van der Waals surface area contributed by atoms with Gasteiger partial charge in [-0.3, -0.25) is 4.40 Å². The standard InChI is InChI=1S/C17H15N7O/c25-17(18-11-16-22-21-15-8-4-5-9-23(15)16)20-13-10-19-24(12-13)14-6-2-1-3-7-14/h1-10,12H,11H2,(H2,18,20,25). The molecule has 0 atom stereocenters. The van der Waals surface area contributed by atoms with E-state index in [1.54, 1.807) is 17.1 Å². The van der Waals surface area contributed by atoms with Gasteiger partial charge in [0.05, 0.1) is 30.3 Å². The summed E-state index contributed by atoms with van der Waals surface area (Å²) in [6, 6.07) is 15.0. The van der Waals surface area contributed by atoms with Crippen molar-refractivity contribution >= 4 is 17.4 Å². The first kappa shape index (κ1) is 14.9. The number of carbonyl (C=O) groups is 1. The van der Waals surface area contributed by atoms with Gasteiger partial charge in [-0.05, 0) is 24.3 Å². The van der Waals surface area contributed by atoms with Gasteiger partial charge in [0.25, 0.3) is 0 Å². The van der Waals surface area contributed by atoms with Crippen LogP contribution < -0.4 is 10.6 Å². The van der Waals surface area contributed by atoms with Crippen LogP contribution >= 0.6 is 0 Å². The number of amides is 2. The van der Waals surface area contributed by atoms with E-state index >= 15 is 0 Å². The molecule has 4 aromatic rings. The fourth-order valence-electron chi connectivity index (χ4n) is 2.46. The summed E-state index contributed by atoms with van der Waals surface area (Å²) in [5.74, 6) is 0.658. The normalized spacial score (nSPS) is 10.7. The van der Waals surface area contributed by atoms with Gasteiger partial charge in [0.1, 0.15) is 0 Å². The van der Waals surface area contributed by atoms with E-state index in [2.05, 4.69) is 25.9 Å². The molecule has 25 heavy (non-hydrogen) atoms. The zero-order valence-corrected chi connectivity index (χ0v) is 13.2. The average Bonchev–Trinajstić information content (AvgIpc) is 3.28. The molecule has 4 rings (SSSR count). The molecule has 0 saturated heterocycles. The molecule has 0 unspecified atom stereocenters. The van der Waals surface area contributed by atoms with Crippen LogP contribution in [0.15, 0.2) is 67.1 Å². The number of hydrogen-bond donors (Lipinski definition) is 2. The van der Waals surface area contributed by atoms with Crippen molar-refractivity contribution in [3.05, 3.63) is 72.9 Å². The predicted molar refractivity (Wildman–Crippen MR) is 92.4 cm³/mol. The molecular formula is C17H15N7O. The Morgan fingerprint density at radius 1 is 1.04 bits per heavy atom. The number of nitrogens with zero attached hydrogens (tertiary/aromatic N) is 5. The molecule has 1 aromatic carbocycles. The minimum absolute atomic E-state index is 0.268. The van der Waals surface area contributed by atoms with Crippen molar-refractivity contribution in [3.8, 4) is 5.69 Å². The second-order valence-corrected chi connectivity index (χ2v) is 5.36. The summed E-state index contributed by atoms with van der Waals surface area (Å²) in [7, 11) is 0. The zero-order valence-electron chi connectivity index (χ0n) is 13.2. The summed E-state index contributed by atoms with van der Waals surface area (Å²) in [4.78, 5) is 12.1. The number of hydrogen-bond acceptors (Lipinski definition) is 4. The maximum absolute atomic E-state index is 12.1. The van der Waals surface area contributed by atoms with Crippen LogP contribution in [0.25, 0.3) is 11.3 Å². The van der Waals surface area contributed by atoms with Crippen LogP contribution in [0.5, 0.6) is 0 Å². The third kappa shape index (κ3) is 3.18. The number of aromatic nitrogens is 5. The van der Waals surface area contributed by atoms with E-state index in [-0.39, 0.29) is 12.6 Å². The van der Waals surface area contributed by atoms with E-state index in [4.69, 9.17) is 0 Å². The molecular weight excluding hydrogens is 318 g/mol. The third-order valence-electron chi connectivity index (χ3n) is 3.65. The van der Waals surface area contributed by atoms with Gasteiger partial charge >= 0.3 is 6.03 Å². The van der Waals surface area contributed by atoms with E-state index in [9.17, 15) is 4.79 Å². The second-order valence-electron chi connectivity index (χ2n) is 5.36. The van der Waals surface area contributed by atoms with Crippen molar-refractivity contribution < 1.29 is 4.79 Å². The topological polar surface area (TPSA) is 89.1 Å². The van der Waals surface area contributed by atoms with Crippen molar-refractivity contribution in [1.82, 2.24) is 29.7 Å². The quantitative estimate of drug-likeness (QED) is 0.599. The van der Waals surface area contributed by atoms with Crippen molar-refractivity contribution in [2.45, 2.75) is 6.54 Å². The highest BCUT2D eigenvalue weighted by Gasteiger charge is 2.08. The van der Waals surface area contributed by atoms with Gasteiger partial charge < -0.3 is 10.6 Å². The van der Waals surface area contributed by atoms with Gasteiger partial charge in [0, 0.05) is 6.20 Å². The SMILES string of the molecule is O=C(NCc1nnc2ccccn12)Nc1cnn(-c2ccccc2)c1. The first-order valence-corrected chi connectivity index (χ1v) is 7.73. The molecule has 0 radical (unpaired) electrons. The molecule has 0 saturated carbocycles. The molecule has 124 valence electrons. The summed E-state index contributed by atoms with van der Waals surface area (Å²) >= 11 is 0. The first-order chi connectivity index (χ1) is 12.3. The number of benzene rings is 1. The van der Waals surface area contributed by atoms with Crippen LogP contribution in [-0.2, 0) is 6.54 Å². The number of anilines is 1. The van der Waals surface area contributed by atoms with Gasteiger partial charge in [0.2, 0.25) is 0 Å². The Balaban J connectivity index is 1.39. The number of pyridine rings is 1. The monoisotopic (exact) mass is 333 g/mol. The number of urea groups is 1. The molecule has 3 heterocycles. The van der Waals surface area contributed by atoms with Crippen LogP contribution in [0, 0.1) is 0 Å². The summed E-state index contributed by atoms with van der Waals surface area (Å²) in [6.07, 6.45) is 5.20. The molecule has 8 nitrogen and oxygen atoms in total. The molecule has 0 fully saturated rings. The molecule has 3 aromatic heterocycles. The van der Waals surface area contributed by atoms with Crippen molar-refractivity contribution in [2.24, 2.45) is 0 Å². The van der Waals surface area contributed by atoms with E-state index < -0.39 is 0 Å². The molecule has 0 aliphatic carbocycles. The summed E-state index contributed by atoms with van der Waals surface area (Å²) in [5.41, 5.74) is 2.27. The number of para-hydroxylation sites is 1. The molecule has 8 heteroatoms. The highest BCUT2D eigenvalue weighted by molar-refractivity contribution is 5.88. The summed E-state index contributed by atoms with van der Waals surface area (Å²) in [6.45, 7) is 0.268. The Hall–Kier alpha value is -3.68. The van der Waals surface area contributed by atoms with Crippen molar-refractivity contribution in [3.63, 3.8) is 0 Å². The number of fused-ring (bicyclic) bond motifs is 1. The minimum atomic E-state index is -0.333. The van der Waals surface area contributed by atoms with Crippen LogP contribution in [0.3, 0.4) is 0 Å². The van der Waals surface area contributed by atoms with Gasteiger partial charge in [-0.2, -0.15) is 5.10 Å². The first-order valence-electron chi connectivity index (χ1n) is 7.73. The fourth-order valence-corrected chi connectivity index (χ4v) is 2.46. The molecule has 0 spiro atoms. The van der Waals surface area contributed by atoms with Crippen LogP contribution in [-0.4, -0.2) is 30.4 Å². The Labute approximate surface area is 143 Å².